The zero-order valence-corrected chi connectivity index (χ0v) is 10.2. The number of hydrogen-bond donors (Lipinski definition) is 1. The van der Waals surface area contributed by atoms with Crippen LogP contribution < -0.4 is 5.32 Å². The highest BCUT2D eigenvalue weighted by molar-refractivity contribution is 6.04. The summed E-state index contributed by atoms with van der Waals surface area (Å²) in [5, 5.41) is 16.6. The second kappa shape index (κ2) is 4.84. The Hall–Kier alpha value is -2.77. The quantitative estimate of drug-likeness (QED) is 0.667. The highest BCUT2D eigenvalue weighted by atomic mass is 16.6. The van der Waals surface area contributed by atoms with E-state index in [9.17, 15) is 14.9 Å². The Balaban J connectivity index is 2.27. The van der Waals surface area contributed by atoms with E-state index in [1.807, 2.05) is 0 Å². The van der Waals surface area contributed by atoms with Crippen LogP contribution in [-0.4, -0.2) is 21.0 Å². The molecule has 0 fully saturated rings. The van der Waals surface area contributed by atoms with Gasteiger partial charge >= 0.3 is 6.01 Å². The van der Waals surface area contributed by atoms with E-state index in [1.54, 1.807) is 13.8 Å². The maximum atomic E-state index is 12.0. The minimum absolute atomic E-state index is 0.0478. The van der Waals surface area contributed by atoms with Crippen LogP contribution in [0.2, 0.25) is 0 Å². The minimum atomic E-state index is -0.562. The van der Waals surface area contributed by atoms with Gasteiger partial charge in [-0.2, -0.15) is 4.98 Å². The predicted molar refractivity (Wildman–Crippen MR) is 64.8 cm³/mol. The molecule has 0 aliphatic heterocycles. The Morgan fingerprint density at radius 2 is 2.16 bits per heavy atom. The molecule has 8 heteroatoms. The smallest absolute Gasteiger partial charge is 0.315 e. The fourth-order valence-corrected chi connectivity index (χ4v) is 1.48. The molecule has 0 unspecified atom stereocenters. The van der Waals surface area contributed by atoms with E-state index in [1.165, 1.54) is 18.2 Å². The zero-order valence-electron chi connectivity index (χ0n) is 10.2. The summed E-state index contributed by atoms with van der Waals surface area (Å²) in [6.07, 6.45) is 0. The first-order chi connectivity index (χ1) is 8.97. The van der Waals surface area contributed by atoms with Gasteiger partial charge in [-0.05, 0) is 19.4 Å². The van der Waals surface area contributed by atoms with Crippen molar-refractivity contribution in [1.82, 2.24) is 10.1 Å². The van der Waals surface area contributed by atoms with E-state index >= 15 is 0 Å². The SMILES string of the molecule is Cc1noc(NC(=O)c2cc([N+](=O)[O-])ccc2C)n1. The van der Waals surface area contributed by atoms with Crippen molar-refractivity contribution >= 4 is 17.6 Å². The molecule has 8 nitrogen and oxygen atoms in total. The molecule has 0 saturated heterocycles. The molecule has 0 bridgehead atoms. The maximum absolute atomic E-state index is 12.0. The molecule has 98 valence electrons. The van der Waals surface area contributed by atoms with Crippen LogP contribution >= 0.6 is 0 Å². The third-order valence-corrected chi connectivity index (χ3v) is 2.42. The van der Waals surface area contributed by atoms with Crippen LogP contribution in [0, 0.1) is 24.0 Å². The molecule has 1 aromatic carbocycles. The van der Waals surface area contributed by atoms with Crippen LogP contribution in [0.25, 0.3) is 0 Å². The standard InChI is InChI=1S/C11H10N4O4/c1-6-3-4-8(15(17)18)5-9(6)10(16)13-11-12-7(2)14-19-11/h3-5H,1-2H3,(H,12,13,14,16). The van der Waals surface area contributed by atoms with Crippen molar-refractivity contribution in [3.05, 3.63) is 45.3 Å². The number of nitrogens with zero attached hydrogens (tertiary/aromatic N) is 3. The van der Waals surface area contributed by atoms with E-state index in [0.717, 1.165) is 0 Å². The summed E-state index contributed by atoms with van der Waals surface area (Å²) < 4.78 is 4.75. The maximum Gasteiger partial charge on any atom is 0.328 e. The number of nitro benzene ring substituents is 1. The number of benzene rings is 1. The minimum Gasteiger partial charge on any atom is -0.315 e. The van der Waals surface area contributed by atoms with E-state index in [2.05, 4.69) is 15.5 Å². The number of amides is 1. The van der Waals surface area contributed by atoms with Crippen molar-refractivity contribution < 1.29 is 14.2 Å². The van der Waals surface area contributed by atoms with Gasteiger partial charge in [0.1, 0.15) is 0 Å². The lowest BCUT2D eigenvalue weighted by Crippen LogP contribution is -2.14. The van der Waals surface area contributed by atoms with Gasteiger partial charge in [0.25, 0.3) is 11.6 Å². The molecular formula is C11H10N4O4. The first-order valence-electron chi connectivity index (χ1n) is 5.34. The van der Waals surface area contributed by atoms with Gasteiger partial charge in [-0.15, -0.1) is 0 Å². The molecule has 0 aliphatic carbocycles. The van der Waals surface area contributed by atoms with Gasteiger partial charge in [0.15, 0.2) is 5.82 Å². The number of nitro groups is 1. The van der Waals surface area contributed by atoms with Crippen molar-refractivity contribution in [3.63, 3.8) is 0 Å². The molecular weight excluding hydrogens is 252 g/mol. The lowest BCUT2D eigenvalue weighted by molar-refractivity contribution is -0.384. The van der Waals surface area contributed by atoms with Crippen molar-refractivity contribution in [2.24, 2.45) is 0 Å². The second-order valence-electron chi connectivity index (χ2n) is 3.86. The molecule has 0 radical (unpaired) electrons. The van der Waals surface area contributed by atoms with Gasteiger partial charge in [-0.1, -0.05) is 11.2 Å². The van der Waals surface area contributed by atoms with Crippen LogP contribution in [0.4, 0.5) is 11.7 Å². The first-order valence-corrected chi connectivity index (χ1v) is 5.34. The number of nitrogens with one attached hydrogen (secondary N) is 1. The Morgan fingerprint density at radius 3 is 2.74 bits per heavy atom. The van der Waals surface area contributed by atoms with Crippen LogP contribution in [0.15, 0.2) is 22.7 Å². The number of rotatable bonds is 3. The average molecular weight is 262 g/mol. The van der Waals surface area contributed by atoms with Crippen molar-refractivity contribution in [3.8, 4) is 0 Å². The third kappa shape index (κ3) is 2.73. The molecule has 0 saturated carbocycles. The zero-order chi connectivity index (χ0) is 14.0. The summed E-state index contributed by atoms with van der Waals surface area (Å²) in [4.78, 5) is 25.9. The summed E-state index contributed by atoms with van der Waals surface area (Å²) >= 11 is 0. The molecule has 1 N–H and O–H groups in total. The van der Waals surface area contributed by atoms with Gasteiger partial charge in [-0.3, -0.25) is 20.2 Å². The molecule has 2 aromatic rings. The van der Waals surface area contributed by atoms with Crippen LogP contribution in [0.3, 0.4) is 0 Å². The Bertz CT molecular complexity index is 650. The van der Waals surface area contributed by atoms with Gasteiger partial charge in [0, 0.05) is 17.7 Å². The second-order valence-corrected chi connectivity index (χ2v) is 3.86. The largest absolute Gasteiger partial charge is 0.328 e. The molecule has 0 aliphatic rings. The van der Waals surface area contributed by atoms with Crippen molar-refractivity contribution in [2.45, 2.75) is 13.8 Å². The number of carbonyl (C=O) groups excluding carboxylic acids is 1. The van der Waals surface area contributed by atoms with Crippen molar-refractivity contribution in [1.29, 1.82) is 0 Å². The summed E-state index contributed by atoms with van der Waals surface area (Å²) in [5.41, 5.74) is 0.641. The number of carbonyl (C=O) groups is 1. The first kappa shape index (κ1) is 12.7. The fraction of sp³-hybridized carbons (Fsp3) is 0.182. The average Bonchev–Trinajstić information content (AvgIpc) is 2.74. The lowest BCUT2D eigenvalue weighted by atomic mass is 10.1. The van der Waals surface area contributed by atoms with E-state index in [-0.39, 0.29) is 17.3 Å². The Labute approximate surface area is 107 Å². The normalized spacial score (nSPS) is 10.2. The van der Waals surface area contributed by atoms with Gasteiger partial charge in [0.2, 0.25) is 0 Å². The number of anilines is 1. The van der Waals surface area contributed by atoms with Gasteiger partial charge < -0.3 is 4.52 Å². The molecule has 1 aromatic heterocycles. The summed E-state index contributed by atoms with van der Waals surface area (Å²) in [6.45, 7) is 3.29. The van der Waals surface area contributed by atoms with E-state index in [4.69, 9.17) is 4.52 Å². The molecule has 2 rings (SSSR count). The highest BCUT2D eigenvalue weighted by Crippen LogP contribution is 2.18. The number of hydrogen-bond acceptors (Lipinski definition) is 6. The predicted octanol–water partition coefficient (Wildman–Crippen LogP) is 1.85. The molecule has 19 heavy (non-hydrogen) atoms. The van der Waals surface area contributed by atoms with Crippen molar-refractivity contribution in [2.75, 3.05) is 5.32 Å². The molecule has 0 atom stereocenters. The Morgan fingerprint density at radius 1 is 1.42 bits per heavy atom. The molecule has 1 amide bonds. The molecule has 0 spiro atoms. The summed E-state index contributed by atoms with van der Waals surface area (Å²) in [6, 6.07) is 4.00. The van der Waals surface area contributed by atoms with Gasteiger partial charge in [-0.25, -0.2) is 0 Å². The number of non-ortho nitro benzene ring substituents is 1. The molecule has 1 heterocycles. The van der Waals surface area contributed by atoms with Crippen LogP contribution in [0.5, 0.6) is 0 Å². The summed E-state index contributed by atoms with van der Waals surface area (Å²) in [7, 11) is 0. The number of aromatic nitrogens is 2. The van der Waals surface area contributed by atoms with Crippen LogP contribution in [0.1, 0.15) is 21.7 Å². The third-order valence-electron chi connectivity index (χ3n) is 2.42. The number of aryl methyl sites for hydroxylation is 2. The monoisotopic (exact) mass is 262 g/mol. The highest BCUT2D eigenvalue weighted by Gasteiger charge is 2.16. The van der Waals surface area contributed by atoms with Crippen LogP contribution in [-0.2, 0) is 0 Å². The lowest BCUT2D eigenvalue weighted by Gasteiger charge is -2.04. The van der Waals surface area contributed by atoms with E-state index < -0.39 is 10.8 Å². The van der Waals surface area contributed by atoms with E-state index in [0.29, 0.717) is 11.4 Å². The van der Waals surface area contributed by atoms with Gasteiger partial charge in [0.05, 0.1) is 4.92 Å². The topological polar surface area (TPSA) is 111 Å². The summed E-state index contributed by atoms with van der Waals surface area (Å²) in [5.74, 6) is -0.157. The Kier molecular flexibility index (Phi) is 3.23. The fourth-order valence-electron chi connectivity index (χ4n) is 1.48.